The van der Waals surface area contributed by atoms with Gasteiger partial charge in [-0.3, -0.25) is 5.10 Å². The summed E-state index contributed by atoms with van der Waals surface area (Å²) >= 11 is 0. The number of aromatic amines is 1. The molecule has 1 atom stereocenters. The molecule has 28 heavy (non-hydrogen) atoms. The maximum absolute atomic E-state index is 9.94. The van der Waals surface area contributed by atoms with Gasteiger partial charge >= 0.3 is 0 Å². The Morgan fingerprint density at radius 3 is 2.75 bits per heavy atom. The predicted octanol–water partition coefficient (Wildman–Crippen LogP) is 3.40. The number of nitrogens with one attached hydrogen (secondary N) is 1. The molecule has 0 spiro atoms. The number of aromatic nitrogens is 2. The van der Waals surface area contributed by atoms with Gasteiger partial charge in [0.25, 0.3) is 0 Å². The molecule has 7 heteroatoms. The van der Waals surface area contributed by atoms with Crippen LogP contribution in [0.15, 0.2) is 60.0 Å². The summed E-state index contributed by atoms with van der Waals surface area (Å²) in [6, 6.07) is 16.4. The normalized spacial score (nSPS) is 15.5. The van der Waals surface area contributed by atoms with Crippen molar-refractivity contribution in [2.75, 3.05) is 6.61 Å². The van der Waals surface area contributed by atoms with E-state index in [0.29, 0.717) is 23.7 Å². The Balaban J connectivity index is 1.87. The molecule has 4 N–H and O–H groups in total. The molecule has 0 saturated heterocycles. The number of H-pyrrole nitrogens is 1. The number of aromatic hydroxyl groups is 1. The third-order valence-electron chi connectivity index (χ3n) is 4.60. The van der Waals surface area contributed by atoms with E-state index in [9.17, 15) is 10.4 Å². The van der Waals surface area contributed by atoms with E-state index in [4.69, 9.17) is 15.2 Å². The fourth-order valence-corrected chi connectivity index (χ4v) is 3.39. The minimum atomic E-state index is -0.513. The SMILES string of the molecule is CCOc1ccc(-c2[nH]nc3c2[C@@H](c2cccc(O)c2)C(C#N)=C(N)O3)cc1. The highest BCUT2D eigenvalue weighted by Gasteiger charge is 2.35. The number of hydrogen-bond donors (Lipinski definition) is 3. The van der Waals surface area contributed by atoms with Crippen molar-refractivity contribution in [3.05, 3.63) is 71.1 Å². The van der Waals surface area contributed by atoms with E-state index in [-0.39, 0.29) is 17.2 Å². The number of phenolic OH excluding ortho intramolecular Hbond substituents is 1. The first kappa shape index (κ1) is 17.5. The molecule has 0 radical (unpaired) electrons. The first-order valence-corrected chi connectivity index (χ1v) is 8.80. The molecule has 140 valence electrons. The molecule has 2 aromatic carbocycles. The van der Waals surface area contributed by atoms with Gasteiger partial charge in [0, 0.05) is 5.56 Å². The average molecular weight is 374 g/mol. The lowest BCUT2D eigenvalue weighted by Gasteiger charge is -2.24. The lowest BCUT2D eigenvalue weighted by Crippen LogP contribution is -2.20. The van der Waals surface area contributed by atoms with E-state index in [2.05, 4.69) is 16.3 Å². The molecular weight excluding hydrogens is 356 g/mol. The van der Waals surface area contributed by atoms with Crippen LogP contribution in [0.5, 0.6) is 17.4 Å². The number of phenols is 1. The van der Waals surface area contributed by atoms with E-state index in [0.717, 1.165) is 16.9 Å². The summed E-state index contributed by atoms with van der Waals surface area (Å²) in [5.74, 6) is 0.678. The second-order valence-corrected chi connectivity index (χ2v) is 6.29. The molecule has 0 aliphatic carbocycles. The minimum absolute atomic E-state index is 0.00749. The Kier molecular flexibility index (Phi) is 4.38. The van der Waals surface area contributed by atoms with Crippen LogP contribution >= 0.6 is 0 Å². The fraction of sp³-hybridized carbons (Fsp3) is 0.143. The summed E-state index contributed by atoms with van der Waals surface area (Å²) < 4.78 is 11.1. The van der Waals surface area contributed by atoms with Gasteiger partial charge in [-0.1, -0.05) is 12.1 Å². The summed E-state index contributed by atoms with van der Waals surface area (Å²) in [7, 11) is 0. The molecular formula is C21H18N4O3. The Bertz CT molecular complexity index is 1090. The monoisotopic (exact) mass is 374 g/mol. The zero-order valence-corrected chi connectivity index (χ0v) is 15.1. The number of hydrogen-bond acceptors (Lipinski definition) is 6. The summed E-state index contributed by atoms with van der Waals surface area (Å²) in [5.41, 5.74) is 9.24. The Hall–Kier alpha value is -3.92. The van der Waals surface area contributed by atoms with Gasteiger partial charge in [-0.2, -0.15) is 5.26 Å². The van der Waals surface area contributed by atoms with E-state index in [1.54, 1.807) is 18.2 Å². The third kappa shape index (κ3) is 2.91. The first-order valence-electron chi connectivity index (χ1n) is 8.80. The number of allylic oxidation sites excluding steroid dienone is 1. The smallest absolute Gasteiger partial charge is 0.244 e. The van der Waals surface area contributed by atoms with Crippen LogP contribution in [0.3, 0.4) is 0 Å². The van der Waals surface area contributed by atoms with Crippen LogP contribution in [-0.2, 0) is 0 Å². The summed E-state index contributed by atoms with van der Waals surface area (Å²) in [4.78, 5) is 0. The zero-order valence-electron chi connectivity index (χ0n) is 15.1. The highest BCUT2D eigenvalue weighted by Crippen LogP contribution is 2.46. The lowest BCUT2D eigenvalue weighted by atomic mass is 9.83. The summed E-state index contributed by atoms with van der Waals surface area (Å²) in [5, 5.41) is 26.9. The Labute approximate surface area is 161 Å². The van der Waals surface area contributed by atoms with Crippen molar-refractivity contribution in [1.82, 2.24) is 10.2 Å². The summed E-state index contributed by atoms with van der Waals surface area (Å²) in [6.45, 7) is 2.51. The maximum Gasteiger partial charge on any atom is 0.244 e. The van der Waals surface area contributed by atoms with Gasteiger partial charge in [0.2, 0.25) is 11.8 Å². The van der Waals surface area contributed by atoms with Gasteiger partial charge < -0.3 is 20.3 Å². The van der Waals surface area contributed by atoms with Crippen molar-refractivity contribution >= 4 is 0 Å². The van der Waals surface area contributed by atoms with Crippen molar-refractivity contribution in [2.45, 2.75) is 12.8 Å². The van der Waals surface area contributed by atoms with Crippen LogP contribution in [0.2, 0.25) is 0 Å². The average Bonchev–Trinajstić information content (AvgIpc) is 3.11. The second-order valence-electron chi connectivity index (χ2n) is 6.29. The molecule has 4 rings (SSSR count). The largest absolute Gasteiger partial charge is 0.508 e. The quantitative estimate of drug-likeness (QED) is 0.644. The minimum Gasteiger partial charge on any atom is -0.508 e. The maximum atomic E-state index is 9.94. The van der Waals surface area contributed by atoms with Gasteiger partial charge in [-0.05, 0) is 48.9 Å². The molecule has 0 fully saturated rings. The number of benzene rings is 2. The Morgan fingerprint density at radius 1 is 1.29 bits per heavy atom. The predicted molar refractivity (Wildman–Crippen MR) is 103 cm³/mol. The van der Waals surface area contributed by atoms with E-state index >= 15 is 0 Å². The van der Waals surface area contributed by atoms with E-state index in [1.165, 1.54) is 0 Å². The summed E-state index contributed by atoms with van der Waals surface area (Å²) in [6.07, 6.45) is 0. The van der Waals surface area contributed by atoms with Crippen molar-refractivity contribution in [1.29, 1.82) is 5.26 Å². The fourth-order valence-electron chi connectivity index (χ4n) is 3.39. The molecule has 0 saturated carbocycles. The molecule has 0 bridgehead atoms. The lowest BCUT2D eigenvalue weighted by molar-refractivity contribution is 0.340. The highest BCUT2D eigenvalue weighted by atomic mass is 16.5. The van der Waals surface area contributed by atoms with Crippen molar-refractivity contribution in [2.24, 2.45) is 5.73 Å². The number of nitriles is 1. The second kappa shape index (κ2) is 7.00. The number of ether oxygens (including phenoxy) is 2. The molecule has 1 aliphatic heterocycles. The first-order chi connectivity index (χ1) is 13.6. The van der Waals surface area contributed by atoms with Crippen LogP contribution in [0.25, 0.3) is 11.3 Å². The standard InChI is InChI=1S/C21H18N4O3/c1-2-27-15-8-6-12(7-9-15)19-18-17(13-4-3-5-14(26)10-13)16(11-22)20(23)28-21(18)25-24-19/h3-10,17,26H,2,23H2,1H3,(H,24,25)/t17-/m0/s1. The van der Waals surface area contributed by atoms with Crippen LogP contribution in [0.1, 0.15) is 24.0 Å². The van der Waals surface area contributed by atoms with Crippen molar-refractivity contribution in [3.8, 4) is 34.7 Å². The van der Waals surface area contributed by atoms with Crippen LogP contribution < -0.4 is 15.2 Å². The van der Waals surface area contributed by atoms with Crippen LogP contribution in [0, 0.1) is 11.3 Å². The molecule has 7 nitrogen and oxygen atoms in total. The van der Waals surface area contributed by atoms with Gasteiger partial charge in [0.15, 0.2) is 0 Å². The van der Waals surface area contributed by atoms with Crippen molar-refractivity contribution in [3.63, 3.8) is 0 Å². The molecule has 2 heterocycles. The van der Waals surface area contributed by atoms with Gasteiger partial charge in [-0.15, -0.1) is 5.10 Å². The zero-order chi connectivity index (χ0) is 19.7. The van der Waals surface area contributed by atoms with Crippen molar-refractivity contribution < 1.29 is 14.6 Å². The molecule has 1 aliphatic rings. The van der Waals surface area contributed by atoms with Crippen LogP contribution in [-0.4, -0.2) is 21.9 Å². The highest BCUT2D eigenvalue weighted by molar-refractivity contribution is 5.71. The van der Waals surface area contributed by atoms with Crippen LogP contribution in [0.4, 0.5) is 0 Å². The van der Waals surface area contributed by atoms with Gasteiger partial charge in [-0.25, -0.2) is 0 Å². The van der Waals surface area contributed by atoms with Gasteiger partial charge in [0.1, 0.15) is 23.1 Å². The van der Waals surface area contributed by atoms with Gasteiger partial charge in [0.05, 0.1) is 23.8 Å². The third-order valence-corrected chi connectivity index (χ3v) is 4.60. The number of nitrogens with zero attached hydrogens (tertiary/aromatic N) is 2. The molecule has 1 aromatic heterocycles. The number of rotatable bonds is 4. The molecule has 0 unspecified atom stereocenters. The van der Waals surface area contributed by atoms with E-state index < -0.39 is 5.92 Å². The molecule has 3 aromatic rings. The molecule has 0 amide bonds. The van der Waals surface area contributed by atoms with E-state index in [1.807, 2.05) is 37.3 Å². The topological polar surface area (TPSA) is 117 Å². The Morgan fingerprint density at radius 2 is 2.07 bits per heavy atom. The number of fused-ring (bicyclic) bond motifs is 1. The number of nitrogens with two attached hydrogens (primary N) is 1.